The largest absolute Gasteiger partial charge is 0.297 e. The molecule has 2 aromatic carbocycles. The molecule has 24 heavy (non-hydrogen) atoms. The first-order valence-electron chi connectivity index (χ1n) is 8.53. The molecule has 0 saturated carbocycles. The van der Waals surface area contributed by atoms with Crippen molar-refractivity contribution in [2.45, 2.75) is 25.3 Å². The van der Waals surface area contributed by atoms with E-state index in [-0.39, 0.29) is 0 Å². The summed E-state index contributed by atoms with van der Waals surface area (Å²) < 4.78 is 1.85. The highest BCUT2D eigenvalue weighted by Gasteiger charge is 2.21. The average molecular weight is 317 g/mol. The second kappa shape index (κ2) is 6.97. The second-order valence-corrected chi connectivity index (χ2v) is 6.38. The maximum Gasteiger partial charge on any atom is 0.0971 e. The summed E-state index contributed by atoms with van der Waals surface area (Å²) >= 11 is 0. The fraction of sp³-hybridized carbons (Fsp3) is 0.300. The molecule has 0 amide bonds. The highest BCUT2D eigenvalue weighted by molar-refractivity contribution is 5.29. The van der Waals surface area contributed by atoms with Crippen molar-refractivity contribution in [3.05, 3.63) is 78.1 Å². The average Bonchev–Trinajstić information content (AvgIpc) is 3.12. The second-order valence-electron chi connectivity index (χ2n) is 6.38. The van der Waals surface area contributed by atoms with Crippen LogP contribution in [0.2, 0.25) is 0 Å². The van der Waals surface area contributed by atoms with Gasteiger partial charge in [0.15, 0.2) is 0 Å². The summed E-state index contributed by atoms with van der Waals surface area (Å²) in [6.45, 7) is 3.09. The smallest absolute Gasteiger partial charge is 0.0971 e. The van der Waals surface area contributed by atoms with Crippen LogP contribution in [0.5, 0.6) is 0 Å². The first-order valence-corrected chi connectivity index (χ1v) is 8.53. The molecule has 1 aliphatic heterocycles. The highest BCUT2D eigenvalue weighted by atomic mass is 15.4. The molecular weight excluding hydrogens is 296 g/mol. The summed E-state index contributed by atoms with van der Waals surface area (Å²) in [4.78, 5) is 2.47. The van der Waals surface area contributed by atoms with E-state index >= 15 is 0 Å². The van der Waals surface area contributed by atoms with Crippen molar-refractivity contribution >= 4 is 0 Å². The zero-order valence-corrected chi connectivity index (χ0v) is 13.7. The van der Waals surface area contributed by atoms with Crippen molar-refractivity contribution in [1.29, 1.82) is 0 Å². The number of likely N-dealkylation sites (tertiary alicyclic amines) is 1. The Morgan fingerprint density at radius 2 is 1.88 bits per heavy atom. The van der Waals surface area contributed by atoms with Gasteiger partial charge in [0.1, 0.15) is 0 Å². The SMILES string of the molecule is [c]1cccc(C2CCN(Cc3cn(-c4ccccc4)nn3)CC2)c1. The Morgan fingerprint density at radius 3 is 2.62 bits per heavy atom. The van der Waals surface area contributed by atoms with E-state index in [1.165, 1.54) is 18.4 Å². The Kier molecular flexibility index (Phi) is 4.38. The minimum absolute atomic E-state index is 0.665. The third-order valence-corrected chi connectivity index (χ3v) is 4.74. The van der Waals surface area contributed by atoms with Crippen molar-refractivity contribution in [3.8, 4) is 5.69 Å². The van der Waals surface area contributed by atoms with Gasteiger partial charge in [0, 0.05) is 6.54 Å². The number of hydrogen-bond donors (Lipinski definition) is 0. The molecule has 1 radical (unpaired) electrons. The van der Waals surface area contributed by atoms with Gasteiger partial charge < -0.3 is 0 Å². The molecule has 1 aromatic heterocycles. The number of hydrogen-bond acceptors (Lipinski definition) is 3. The van der Waals surface area contributed by atoms with E-state index < -0.39 is 0 Å². The van der Waals surface area contributed by atoms with E-state index in [2.05, 4.69) is 39.5 Å². The third kappa shape index (κ3) is 3.39. The van der Waals surface area contributed by atoms with Gasteiger partial charge >= 0.3 is 0 Å². The molecule has 2 heterocycles. The zero-order valence-electron chi connectivity index (χ0n) is 13.7. The van der Waals surface area contributed by atoms with Gasteiger partial charge in [-0.2, -0.15) is 0 Å². The van der Waals surface area contributed by atoms with Crippen LogP contribution in [-0.2, 0) is 6.54 Å². The Balaban J connectivity index is 1.35. The minimum atomic E-state index is 0.665. The van der Waals surface area contributed by atoms with Crippen molar-refractivity contribution in [2.75, 3.05) is 13.1 Å². The standard InChI is InChI=1S/C20H21N4/c1-3-7-17(8-4-1)18-11-13-23(14-12-18)15-19-16-24(22-21-19)20-9-5-2-6-10-20/h1-3,5-10,16,18H,11-15H2. The fourth-order valence-electron chi connectivity index (χ4n) is 3.39. The van der Waals surface area contributed by atoms with Crippen LogP contribution in [0.3, 0.4) is 0 Å². The lowest BCUT2D eigenvalue weighted by molar-refractivity contribution is 0.202. The molecular formula is C20H21N4. The van der Waals surface area contributed by atoms with Gasteiger partial charge in [-0.3, -0.25) is 4.90 Å². The summed E-state index contributed by atoms with van der Waals surface area (Å²) in [5.74, 6) is 0.665. The van der Waals surface area contributed by atoms with Crippen LogP contribution >= 0.6 is 0 Å². The van der Waals surface area contributed by atoms with E-state index in [0.29, 0.717) is 5.92 Å². The molecule has 121 valence electrons. The van der Waals surface area contributed by atoms with E-state index in [9.17, 15) is 0 Å². The molecule has 1 fully saturated rings. The summed E-state index contributed by atoms with van der Waals surface area (Å²) in [7, 11) is 0. The maximum atomic E-state index is 4.33. The van der Waals surface area contributed by atoms with Crippen LogP contribution < -0.4 is 0 Å². The Morgan fingerprint density at radius 1 is 1.04 bits per heavy atom. The van der Waals surface area contributed by atoms with E-state index in [0.717, 1.165) is 31.0 Å². The lowest BCUT2D eigenvalue weighted by Gasteiger charge is -2.31. The number of nitrogens with zero attached hydrogens (tertiary/aromatic N) is 4. The van der Waals surface area contributed by atoms with Gasteiger partial charge in [-0.1, -0.05) is 47.7 Å². The van der Waals surface area contributed by atoms with Gasteiger partial charge in [-0.25, -0.2) is 4.68 Å². The minimum Gasteiger partial charge on any atom is -0.297 e. The fourth-order valence-corrected chi connectivity index (χ4v) is 3.39. The molecule has 0 aliphatic carbocycles. The molecule has 0 atom stereocenters. The number of benzene rings is 2. The normalized spacial score (nSPS) is 16.3. The van der Waals surface area contributed by atoms with Crippen molar-refractivity contribution < 1.29 is 0 Å². The molecule has 0 N–H and O–H groups in total. The molecule has 3 aromatic rings. The lowest BCUT2D eigenvalue weighted by atomic mass is 9.89. The maximum absolute atomic E-state index is 4.33. The van der Waals surface area contributed by atoms with Gasteiger partial charge in [0.25, 0.3) is 0 Å². The van der Waals surface area contributed by atoms with Crippen molar-refractivity contribution in [3.63, 3.8) is 0 Å². The molecule has 4 rings (SSSR count). The van der Waals surface area contributed by atoms with Crippen molar-refractivity contribution in [1.82, 2.24) is 19.9 Å². The first-order chi connectivity index (χ1) is 11.9. The first kappa shape index (κ1) is 15.1. The van der Waals surface area contributed by atoms with E-state index in [1.807, 2.05) is 47.3 Å². The zero-order chi connectivity index (χ0) is 16.2. The van der Waals surface area contributed by atoms with Gasteiger partial charge in [0.2, 0.25) is 0 Å². The molecule has 0 spiro atoms. The van der Waals surface area contributed by atoms with Gasteiger partial charge in [-0.15, -0.1) is 5.10 Å². The Hall–Kier alpha value is -2.46. The van der Waals surface area contributed by atoms with Crippen LogP contribution in [0.1, 0.15) is 30.0 Å². The van der Waals surface area contributed by atoms with Crippen LogP contribution in [-0.4, -0.2) is 33.0 Å². The third-order valence-electron chi connectivity index (χ3n) is 4.74. The lowest BCUT2D eigenvalue weighted by Crippen LogP contribution is -2.32. The molecule has 1 aliphatic rings. The van der Waals surface area contributed by atoms with Crippen LogP contribution in [0.25, 0.3) is 5.69 Å². The molecule has 4 nitrogen and oxygen atoms in total. The van der Waals surface area contributed by atoms with Gasteiger partial charge in [-0.05, 0) is 55.6 Å². The quantitative estimate of drug-likeness (QED) is 0.739. The Labute approximate surface area is 142 Å². The molecule has 0 bridgehead atoms. The highest BCUT2D eigenvalue weighted by Crippen LogP contribution is 2.28. The molecule has 1 saturated heterocycles. The van der Waals surface area contributed by atoms with Crippen LogP contribution in [0.4, 0.5) is 0 Å². The number of piperidine rings is 1. The summed E-state index contributed by atoms with van der Waals surface area (Å²) in [6.07, 6.45) is 4.43. The number of rotatable bonds is 4. The summed E-state index contributed by atoms with van der Waals surface area (Å²) in [5.41, 5.74) is 3.51. The topological polar surface area (TPSA) is 34.0 Å². The van der Waals surface area contributed by atoms with Crippen molar-refractivity contribution in [2.24, 2.45) is 0 Å². The van der Waals surface area contributed by atoms with E-state index in [1.54, 1.807) is 0 Å². The monoisotopic (exact) mass is 317 g/mol. The summed E-state index contributed by atoms with van der Waals surface area (Å²) in [5, 5.41) is 8.58. The van der Waals surface area contributed by atoms with E-state index in [4.69, 9.17) is 0 Å². The van der Waals surface area contributed by atoms with Gasteiger partial charge in [0.05, 0.1) is 17.6 Å². The van der Waals surface area contributed by atoms with Crippen LogP contribution in [0.15, 0.2) is 60.8 Å². The Bertz CT molecular complexity index is 759. The predicted molar refractivity (Wildman–Crippen MR) is 93.9 cm³/mol. The molecule has 4 heteroatoms. The predicted octanol–water partition coefficient (Wildman–Crippen LogP) is 3.45. The van der Waals surface area contributed by atoms with Crippen LogP contribution in [0, 0.1) is 6.07 Å². The summed E-state index contributed by atoms with van der Waals surface area (Å²) in [6, 6.07) is 21.7. The molecule has 0 unspecified atom stereocenters. The number of para-hydroxylation sites is 1. The number of aromatic nitrogens is 3.